The van der Waals surface area contributed by atoms with Crippen LogP contribution >= 0.6 is 0 Å². The number of benzene rings is 1. The van der Waals surface area contributed by atoms with E-state index in [1.54, 1.807) is 6.07 Å². The van der Waals surface area contributed by atoms with Gasteiger partial charge in [-0.25, -0.2) is 4.39 Å². The Balaban J connectivity index is 2.36. The van der Waals surface area contributed by atoms with Gasteiger partial charge in [-0.3, -0.25) is 0 Å². The van der Waals surface area contributed by atoms with Crippen LogP contribution in [-0.2, 0) is 13.5 Å². The zero-order valence-electron chi connectivity index (χ0n) is 9.76. The minimum Gasteiger partial charge on any atom is -0.348 e. The first-order valence-corrected chi connectivity index (χ1v) is 5.61. The van der Waals surface area contributed by atoms with E-state index in [2.05, 4.69) is 5.32 Å². The maximum atomic E-state index is 13.6. The lowest BCUT2D eigenvalue weighted by Gasteiger charge is -1.99. The van der Waals surface area contributed by atoms with Crippen LogP contribution in [0.15, 0.2) is 24.4 Å². The molecule has 0 saturated carbocycles. The molecule has 0 saturated heterocycles. The summed E-state index contributed by atoms with van der Waals surface area (Å²) >= 11 is 0. The number of halogens is 1. The molecule has 0 aliphatic rings. The third-order valence-corrected chi connectivity index (χ3v) is 2.91. The average molecular weight is 220 g/mol. The van der Waals surface area contributed by atoms with Crippen molar-refractivity contribution in [1.29, 1.82) is 0 Å². The van der Waals surface area contributed by atoms with E-state index in [4.69, 9.17) is 0 Å². The summed E-state index contributed by atoms with van der Waals surface area (Å²) in [5, 5.41) is 4.16. The fraction of sp³-hybridized carbons (Fsp3) is 0.385. The van der Waals surface area contributed by atoms with Gasteiger partial charge in [0.05, 0.1) is 5.52 Å². The van der Waals surface area contributed by atoms with E-state index in [-0.39, 0.29) is 5.82 Å². The summed E-state index contributed by atoms with van der Waals surface area (Å²) in [4.78, 5) is 0. The minimum absolute atomic E-state index is 0.139. The number of hydrogen-bond acceptors (Lipinski definition) is 1. The third-order valence-electron chi connectivity index (χ3n) is 2.91. The van der Waals surface area contributed by atoms with Crippen molar-refractivity contribution in [2.45, 2.75) is 12.8 Å². The lowest BCUT2D eigenvalue weighted by Crippen LogP contribution is -2.08. The summed E-state index contributed by atoms with van der Waals surface area (Å²) in [6.45, 7) is 0.992. The van der Waals surface area contributed by atoms with Crippen LogP contribution in [0.2, 0.25) is 0 Å². The molecule has 0 amide bonds. The Morgan fingerprint density at radius 1 is 1.38 bits per heavy atom. The van der Waals surface area contributed by atoms with Crippen molar-refractivity contribution in [2.75, 3.05) is 13.6 Å². The Kier molecular flexibility index (Phi) is 3.25. The predicted molar refractivity (Wildman–Crippen MR) is 65.1 cm³/mol. The van der Waals surface area contributed by atoms with Crippen molar-refractivity contribution in [3.63, 3.8) is 0 Å². The Bertz CT molecular complexity index is 488. The quantitative estimate of drug-likeness (QED) is 0.783. The van der Waals surface area contributed by atoms with Gasteiger partial charge in [0, 0.05) is 18.6 Å². The van der Waals surface area contributed by atoms with E-state index in [9.17, 15) is 4.39 Å². The molecule has 16 heavy (non-hydrogen) atoms. The number of rotatable bonds is 4. The van der Waals surface area contributed by atoms with Crippen LogP contribution < -0.4 is 5.32 Å². The first-order valence-electron chi connectivity index (χ1n) is 5.61. The molecule has 0 aliphatic carbocycles. The topological polar surface area (TPSA) is 17.0 Å². The van der Waals surface area contributed by atoms with Crippen LogP contribution in [0.1, 0.15) is 12.0 Å². The largest absolute Gasteiger partial charge is 0.348 e. The van der Waals surface area contributed by atoms with E-state index >= 15 is 0 Å². The maximum Gasteiger partial charge on any atom is 0.147 e. The number of nitrogens with one attached hydrogen (secondary N) is 1. The number of para-hydroxylation sites is 1. The van der Waals surface area contributed by atoms with Crippen LogP contribution in [0.3, 0.4) is 0 Å². The van der Waals surface area contributed by atoms with Gasteiger partial charge >= 0.3 is 0 Å². The zero-order chi connectivity index (χ0) is 11.5. The molecule has 86 valence electrons. The normalized spacial score (nSPS) is 11.2. The van der Waals surface area contributed by atoms with Crippen LogP contribution in [0.5, 0.6) is 0 Å². The highest BCUT2D eigenvalue weighted by Gasteiger charge is 2.09. The number of nitrogens with zero attached hydrogens (tertiary/aromatic N) is 1. The fourth-order valence-electron chi connectivity index (χ4n) is 2.16. The van der Waals surface area contributed by atoms with E-state index in [0.717, 1.165) is 24.8 Å². The van der Waals surface area contributed by atoms with E-state index in [0.29, 0.717) is 5.52 Å². The van der Waals surface area contributed by atoms with Crippen molar-refractivity contribution in [2.24, 2.45) is 7.05 Å². The number of fused-ring (bicyclic) bond motifs is 1. The Labute approximate surface area is 95.1 Å². The van der Waals surface area contributed by atoms with Crippen molar-refractivity contribution in [3.8, 4) is 0 Å². The highest BCUT2D eigenvalue weighted by molar-refractivity contribution is 5.84. The minimum atomic E-state index is -0.139. The molecule has 0 unspecified atom stereocenters. The molecule has 2 aromatic rings. The van der Waals surface area contributed by atoms with E-state index in [1.807, 2.05) is 30.9 Å². The van der Waals surface area contributed by atoms with Crippen LogP contribution in [0.25, 0.3) is 10.9 Å². The molecular formula is C13H17FN2. The monoisotopic (exact) mass is 220 g/mol. The first-order chi connectivity index (χ1) is 7.74. The smallest absolute Gasteiger partial charge is 0.147 e. The van der Waals surface area contributed by atoms with Crippen molar-refractivity contribution < 1.29 is 4.39 Å². The van der Waals surface area contributed by atoms with Crippen molar-refractivity contribution >= 4 is 10.9 Å². The molecule has 3 heteroatoms. The lowest BCUT2D eigenvalue weighted by molar-refractivity contribution is 0.632. The molecule has 1 N–H and O–H groups in total. The summed E-state index contributed by atoms with van der Waals surface area (Å²) < 4.78 is 15.5. The van der Waals surface area contributed by atoms with Gasteiger partial charge in [0.15, 0.2) is 0 Å². The average Bonchev–Trinajstić information content (AvgIpc) is 2.58. The fourth-order valence-corrected chi connectivity index (χ4v) is 2.16. The molecule has 1 aromatic carbocycles. The van der Waals surface area contributed by atoms with Gasteiger partial charge in [-0.1, -0.05) is 12.1 Å². The molecule has 0 spiro atoms. The molecule has 2 rings (SSSR count). The molecule has 0 bridgehead atoms. The van der Waals surface area contributed by atoms with Crippen molar-refractivity contribution in [1.82, 2.24) is 9.88 Å². The third kappa shape index (κ3) is 1.95. The molecule has 1 heterocycles. The number of aryl methyl sites for hydroxylation is 2. The number of aromatic nitrogens is 1. The molecule has 1 aromatic heterocycles. The van der Waals surface area contributed by atoms with E-state index in [1.165, 1.54) is 11.6 Å². The summed E-state index contributed by atoms with van der Waals surface area (Å²) in [5.41, 5.74) is 1.94. The summed E-state index contributed by atoms with van der Waals surface area (Å²) in [7, 11) is 3.84. The van der Waals surface area contributed by atoms with Gasteiger partial charge in [-0.05, 0) is 38.1 Å². The number of hydrogen-bond donors (Lipinski definition) is 1. The highest BCUT2D eigenvalue weighted by atomic mass is 19.1. The molecular weight excluding hydrogens is 203 g/mol. The lowest BCUT2D eigenvalue weighted by atomic mass is 10.1. The van der Waals surface area contributed by atoms with Gasteiger partial charge in [-0.15, -0.1) is 0 Å². The van der Waals surface area contributed by atoms with E-state index < -0.39 is 0 Å². The van der Waals surface area contributed by atoms with Gasteiger partial charge < -0.3 is 9.88 Å². The second kappa shape index (κ2) is 4.66. The second-order valence-electron chi connectivity index (χ2n) is 4.11. The van der Waals surface area contributed by atoms with Gasteiger partial charge in [0.2, 0.25) is 0 Å². The van der Waals surface area contributed by atoms with Crippen molar-refractivity contribution in [3.05, 3.63) is 35.8 Å². The van der Waals surface area contributed by atoms with Crippen LogP contribution in [0.4, 0.5) is 4.39 Å². The SMILES string of the molecule is CNCCCc1cn(C)c2c(F)cccc12. The summed E-state index contributed by atoms with van der Waals surface area (Å²) in [6, 6.07) is 5.28. The summed E-state index contributed by atoms with van der Waals surface area (Å²) in [5.74, 6) is -0.139. The van der Waals surface area contributed by atoms with Crippen LogP contribution in [-0.4, -0.2) is 18.2 Å². The maximum absolute atomic E-state index is 13.6. The Hall–Kier alpha value is -1.35. The molecule has 0 radical (unpaired) electrons. The molecule has 0 fully saturated rings. The predicted octanol–water partition coefficient (Wildman–Crippen LogP) is 2.47. The van der Waals surface area contributed by atoms with Gasteiger partial charge in [-0.2, -0.15) is 0 Å². The Morgan fingerprint density at radius 3 is 2.94 bits per heavy atom. The van der Waals surface area contributed by atoms with Crippen LogP contribution in [0, 0.1) is 5.82 Å². The zero-order valence-corrected chi connectivity index (χ0v) is 9.76. The standard InChI is InChI=1S/C13H17FN2/c1-15-8-4-5-10-9-16(2)13-11(10)6-3-7-12(13)14/h3,6-7,9,15H,4-5,8H2,1-2H3. The first kappa shape index (κ1) is 11.1. The summed E-state index contributed by atoms with van der Waals surface area (Å²) in [6.07, 6.45) is 4.09. The molecule has 2 nitrogen and oxygen atoms in total. The van der Waals surface area contributed by atoms with Gasteiger partial charge in [0.1, 0.15) is 5.82 Å². The highest BCUT2D eigenvalue weighted by Crippen LogP contribution is 2.23. The Morgan fingerprint density at radius 2 is 2.19 bits per heavy atom. The second-order valence-corrected chi connectivity index (χ2v) is 4.11. The molecule has 0 aliphatic heterocycles. The van der Waals surface area contributed by atoms with Gasteiger partial charge in [0.25, 0.3) is 0 Å². The molecule has 0 atom stereocenters.